The SMILES string of the molecule is CC(C)n1nc(-c2cnc(N)c(C(F)(F)F)c2)cc1[C@@H]1CC2C[C@H]1C[C@@H]2OC1COC1. The third-order valence-corrected chi connectivity index (χ3v) is 6.92. The van der Waals surface area contributed by atoms with Crippen LogP contribution >= 0.6 is 0 Å². The molecule has 6 nitrogen and oxygen atoms in total. The normalized spacial score (nSPS) is 28.5. The molecule has 3 heterocycles. The van der Waals surface area contributed by atoms with Gasteiger partial charge in [-0.3, -0.25) is 4.68 Å². The van der Waals surface area contributed by atoms with Gasteiger partial charge in [-0.15, -0.1) is 0 Å². The number of hydrogen-bond acceptors (Lipinski definition) is 5. The standard InChI is InChI=1S/C22H27F3N4O2/c1-11(2)29-19(16-4-13-3-12(16)6-20(13)31-15-9-30-10-15)7-18(28-29)14-5-17(22(23,24)25)21(26)27-8-14/h5,7-8,11-13,15-16,20H,3-4,6,9-10H2,1-2H3,(H2,26,27)/t12-,13?,16+,20-/m0/s1. The van der Waals surface area contributed by atoms with Crippen LogP contribution in [0.3, 0.4) is 0 Å². The summed E-state index contributed by atoms with van der Waals surface area (Å²) in [5.41, 5.74) is 6.46. The Hall–Kier alpha value is -2.13. The molecule has 2 aliphatic carbocycles. The van der Waals surface area contributed by atoms with E-state index in [0.717, 1.165) is 31.0 Å². The summed E-state index contributed by atoms with van der Waals surface area (Å²) in [6.45, 7) is 5.46. The molecule has 0 radical (unpaired) electrons. The summed E-state index contributed by atoms with van der Waals surface area (Å²) in [7, 11) is 0. The first-order valence-corrected chi connectivity index (χ1v) is 10.9. The van der Waals surface area contributed by atoms with E-state index in [9.17, 15) is 13.2 Å². The van der Waals surface area contributed by atoms with E-state index < -0.39 is 17.6 Å². The van der Waals surface area contributed by atoms with Crippen molar-refractivity contribution in [3.63, 3.8) is 0 Å². The number of hydrogen-bond donors (Lipinski definition) is 1. The molecular weight excluding hydrogens is 409 g/mol. The van der Waals surface area contributed by atoms with E-state index >= 15 is 0 Å². The van der Waals surface area contributed by atoms with Crippen molar-refractivity contribution in [1.82, 2.24) is 14.8 Å². The number of aromatic nitrogens is 3. The summed E-state index contributed by atoms with van der Waals surface area (Å²) in [5, 5.41) is 4.67. The van der Waals surface area contributed by atoms with E-state index in [1.807, 2.05) is 24.6 Å². The summed E-state index contributed by atoms with van der Waals surface area (Å²) in [6, 6.07) is 3.09. The zero-order chi connectivity index (χ0) is 21.9. The molecule has 0 spiro atoms. The minimum absolute atomic E-state index is 0.103. The maximum Gasteiger partial charge on any atom is 0.419 e. The van der Waals surface area contributed by atoms with Crippen molar-refractivity contribution < 1.29 is 22.6 Å². The van der Waals surface area contributed by atoms with Crippen LogP contribution in [0.2, 0.25) is 0 Å². The fourth-order valence-corrected chi connectivity index (χ4v) is 5.37. The molecule has 0 aromatic carbocycles. The third kappa shape index (κ3) is 3.71. The summed E-state index contributed by atoms with van der Waals surface area (Å²) < 4.78 is 53.3. The van der Waals surface area contributed by atoms with Crippen LogP contribution in [-0.2, 0) is 15.7 Å². The van der Waals surface area contributed by atoms with E-state index in [2.05, 4.69) is 10.1 Å². The highest BCUT2D eigenvalue weighted by atomic mass is 19.4. The smallest absolute Gasteiger partial charge is 0.383 e. The average molecular weight is 436 g/mol. The van der Waals surface area contributed by atoms with Crippen LogP contribution in [0.15, 0.2) is 18.3 Å². The first-order chi connectivity index (χ1) is 14.7. The Balaban J connectivity index is 1.41. The van der Waals surface area contributed by atoms with Gasteiger partial charge in [0.05, 0.1) is 30.6 Å². The molecule has 5 rings (SSSR count). The van der Waals surface area contributed by atoms with E-state index in [1.165, 1.54) is 6.20 Å². The van der Waals surface area contributed by atoms with Gasteiger partial charge in [0.15, 0.2) is 0 Å². The Bertz CT molecular complexity index is 970. The molecule has 4 atom stereocenters. The lowest BCUT2D eigenvalue weighted by Gasteiger charge is -2.34. The average Bonchev–Trinajstić information content (AvgIpc) is 3.37. The van der Waals surface area contributed by atoms with Gasteiger partial charge in [-0.05, 0) is 57.1 Å². The molecule has 9 heteroatoms. The minimum atomic E-state index is -4.55. The molecule has 1 aliphatic heterocycles. The van der Waals surface area contributed by atoms with Crippen LogP contribution in [0.25, 0.3) is 11.3 Å². The van der Waals surface area contributed by atoms with Gasteiger partial charge in [0.2, 0.25) is 0 Å². The molecule has 3 fully saturated rings. The molecule has 168 valence electrons. The van der Waals surface area contributed by atoms with Crippen molar-refractivity contribution in [2.75, 3.05) is 18.9 Å². The molecule has 2 aromatic rings. The number of nitrogens with zero attached hydrogens (tertiary/aromatic N) is 3. The second-order valence-corrected chi connectivity index (χ2v) is 9.32. The van der Waals surface area contributed by atoms with Crippen LogP contribution < -0.4 is 5.73 Å². The number of nitrogen functional groups attached to an aromatic ring is 1. The minimum Gasteiger partial charge on any atom is -0.383 e. The first-order valence-electron chi connectivity index (χ1n) is 10.9. The number of rotatable bonds is 5. The number of fused-ring (bicyclic) bond motifs is 2. The monoisotopic (exact) mass is 436 g/mol. The molecule has 2 N–H and O–H groups in total. The summed E-state index contributed by atoms with van der Waals surface area (Å²) in [6.07, 6.45) is 0.509. The molecule has 0 amide bonds. The van der Waals surface area contributed by atoms with E-state index in [0.29, 0.717) is 48.3 Å². The number of halogens is 3. The second kappa shape index (κ2) is 7.48. The van der Waals surface area contributed by atoms with Gasteiger partial charge in [-0.1, -0.05) is 0 Å². The van der Waals surface area contributed by atoms with Crippen LogP contribution in [0.1, 0.15) is 56.3 Å². The summed E-state index contributed by atoms with van der Waals surface area (Å²) in [5.74, 6) is 0.851. The number of ether oxygens (including phenoxy) is 2. The third-order valence-electron chi connectivity index (χ3n) is 6.92. The van der Waals surface area contributed by atoms with Gasteiger partial charge < -0.3 is 15.2 Å². The fourth-order valence-electron chi connectivity index (χ4n) is 5.37. The molecule has 2 saturated carbocycles. The van der Waals surface area contributed by atoms with Crippen LogP contribution in [0.5, 0.6) is 0 Å². The van der Waals surface area contributed by atoms with Crippen LogP contribution in [-0.4, -0.2) is 40.2 Å². The van der Waals surface area contributed by atoms with E-state index in [1.54, 1.807) is 0 Å². The van der Waals surface area contributed by atoms with Gasteiger partial charge in [-0.2, -0.15) is 18.3 Å². The van der Waals surface area contributed by atoms with Gasteiger partial charge >= 0.3 is 6.18 Å². The molecule has 2 aromatic heterocycles. The number of alkyl halides is 3. The zero-order valence-electron chi connectivity index (χ0n) is 17.6. The molecule has 3 aliphatic rings. The Labute approximate surface area is 178 Å². The number of pyridine rings is 1. The highest BCUT2D eigenvalue weighted by Crippen LogP contribution is 2.54. The van der Waals surface area contributed by atoms with Crippen molar-refractivity contribution in [3.8, 4) is 11.3 Å². The Morgan fingerprint density at radius 1 is 1.16 bits per heavy atom. The quantitative estimate of drug-likeness (QED) is 0.751. The first kappa shape index (κ1) is 20.8. The van der Waals surface area contributed by atoms with Gasteiger partial charge in [-0.25, -0.2) is 4.98 Å². The highest BCUT2D eigenvalue weighted by Gasteiger charge is 2.49. The zero-order valence-corrected chi connectivity index (χ0v) is 17.6. The second-order valence-electron chi connectivity index (χ2n) is 9.32. The predicted molar refractivity (Wildman–Crippen MR) is 108 cm³/mol. The van der Waals surface area contributed by atoms with Crippen molar-refractivity contribution >= 4 is 5.82 Å². The lowest BCUT2D eigenvalue weighted by atomic mass is 9.84. The van der Waals surface area contributed by atoms with E-state index in [4.69, 9.17) is 15.2 Å². The van der Waals surface area contributed by atoms with Gasteiger partial charge in [0.1, 0.15) is 11.9 Å². The van der Waals surface area contributed by atoms with Crippen molar-refractivity contribution in [3.05, 3.63) is 29.6 Å². The summed E-state index contributed by atoms with van der Waals surface area (Å²) in [4.78, 5) is 3.77. The number of anilines is 1. The van der Waals surface area contributed by atoms with Crippen LogP contribution in [0.4, 0.5) is 19.0 Å². The molecule has 31 heavy (non-hydrogen) atoms. The maximum atomic E-state index is 13.3. The lowest BCUT2D eigenvalue weighted by molar-refractivity contribution is -0.164. The molecule has 1 unspecified atom stereocenters. The number of nitrogens with two attached hydrogens (primary N) is 1. The van der Waals surface area contributed by atoms with Crippen molar-refractivity contribution in [1.29, 1.82) is 0 Å². The van der Waals surface area contributed by atoms with Gasteiger partial charge in [0, 0.05) is 29.4 Å². The van der Waals surface area contributed by atoms with Crippen LogP contribution in [0, 0.1) is 11.8 Å². The molecule has 2 bridgehead atoms. The maximum absolute atomic E-state index is 13.3. The molecule has 1 saturated heterocycles. The lowest BCUT2D eigenvalue weighted by Crippen LogP contribution is -2.41. The Morgan fingerprint density at radius 2 is 1.94 bits per heavy atom. The van der Waals surface area contributed by atoms with E-state index in [-0.39, 0.29) is 12.1 Å². The largest absolute Gasteiger partial charge is 0.419 e. The fraction of sp³-hybridized carbons (Fsp3) is 0.636. The topological polar surface area (TPSA) is 75.2 Å². The van der Waals surface area contributed by atoms with Crippen molar-refractivity contribution in [2.45, 2.75) is 63.5 Å². The highest BCUT2D eigenvalue weighted by molar-refractivity contribution is 5.63. The Morgan fingerprint density at radius 3 is 2.52 bits per heavy atom. The Kier molecular flexibility index (Phi) is 5.01. The summed E-state index contributed by atoms with van der Waals surface area (Å²) >= 11 is 0. The van der Waals surface area contributed by atoms with Gasteiger partial charge in [0.25, 0.3) is 0 Å². The predicted octanol–water partition coefficient (Wildman–Crippen LogP) is 4.42. The molecular formula is C22H27F3N4O2. The van der Waals surface area contributed by atoms with Crippen molar-refractivity contribution in [2.24, 2.45) is 11.8 Å².